The van der Waals surface area contributed by atoms with Crippen LogP contribution < -0.4 is 15.0 Å². The molecule has 3 aromatic rings. The Kier molecular flexibility index (Phi) is 5.33. The van der Waals surface area contributed by atoms with Gasteiger partial charge in [-0.2, -0.15) is 0 Å². The molecule has 0 atom stereocenters. The molecule has 162 valence electrons. The minimum absolute atomic E-state index is 0.199. The van der Waals surface area contributed by atoms with E-state index in [1.54, 1.807) is 36.5 Å². The van der Waals surface area contributed by atoms with Gasteiger partial charge in [0.25, 0.3) is 5.91 Å². The minimum atomic E-state index is -0.380. The molecule has 5 rings (SSSR count). The van der Waals surface area contributed by atoms with Crippen LogP contribution in [0, 0.1) is 5.82 Å². The van der Waals surface area contributed by atoms with Crippen LogP contribution in [0.4, 0.5) is 15.9 Å². The number of methoxy groups -OCH3 is 1. The third-order valence-electron chi connectivity index (χ3n) is 5.70. The lowest BCUT2D eigenvalue weighted by Gasteiger charge is -2.27. The zero-order chi connectivity index (χ0) is 22.1. The van der Waals surface area contributed by atoms with Crippen LogP contribution >= 0.6 is 0 Å². The standard InChI is InChI=1S/C25H22FN3O3/c1-31-22-4-2-3-20(26)24(22)17-6-7-21-18(14-17)19(25(30)28-21)13-16-5-8-23(27-15-16)29-9-11-32-12-10-29/h2-8,13-15H,9-12H2,1H3,(H,28,30). The van der Waals surface area contributed by atoms with E-state index in [4.69, 9.17) is 9.47 Å². The van der Waals surface area contributed by atoms with Crippen molar-refractivity contribution in [1.82, 2.24) is 4.98 Å². The van der Waals surface area contributed by atoms with Gasteiger partial charge in [0, 0.05) is 36.1 Å². The van der Waals surface area contributed by atoms with Gasteiger partial charge >= 0.3 is 0 Å². The normalized spacial score (nSPS) is 16.8. The second-order valence-corrected chi connectivity index (χ2v) is 7.64. The molecule has 1 N–H and O–H groups in total. The number of halogens is 1. The number of nitrogens with one attached hydrogen (secondary N) is 1. The Morgan fingerprint density at radius 2 is 2.00 bits per heavy atom. The first kappa shape index (κ1) is 20.2. The van der Waals surface area contributed by atoms with Crippen molar-refractivity contribution in [2.45, 2.75) is 0 Å². The molecule has 0 unspecified atom stereocenters. The Labute approximate surface area is 185 Å². The van der Waals surface area contributed by atoms with Crippen LogP contribution in [0.3, 0.4) is 0 Å². The zero-order valence-corrected chi connectivity index (χ0v) is 17.6. The average Bonchev–Trinajstić information content (AvgIpc) is 3.14. The largest absolute Gasteiger partial charge is 0.496 e. The van der Waals surface area contributed by atoms with Gasteiger partial charge in [-0.25, -0.2) is 9.37 Å². The number of benzene rings is 2. The van der Waals surface area contributed by atoms with E-state index in [-0.39, 0.29) is 11.7 Å². The second-order valence-electron chi connectivity index (χ2n) is 7.64. The summed E-state index contributed by atoms with van der Waals surface area (Å²) in [4.78, 5) is 19.4. The average molecular weight is 431 g/mol. The van der Waals surface area contributed by atoms with Crippen molar-refractivity contribution in [1.29, 1.82) is 0 Å². The summed E-state index contributed by atoms with van der Waals surface area (Å²) in [5.74, 6) is 0.751. The molecule has 2 aliphatic rings. The number of fused-ring (bicyclic) bond motifs is 1. The van der Waals surface area contributed by atoms with Crippen LogP contribution in [0.5, 0.6) is 5.75 Å². The molecule has 2 aliphatic heterocycles. The summed E-state index contributed by atoms with van der Waals surface area (Å²) in [5.41, 5.74) is 3.75. The number of amides is 1. The molecule has 7 heteroatoms. The Balaban J connectivity index is 1.49. The number of rotatable bonds is 4. The summed E-state index contributed by atoms with van der Waals surface area (Å²) in [5, 5.41) is 2.88. The molecule has 3 heterocycles. The molecule has 0 saturated carbocycles. The number of carbonyl (C=O) groups is 1. The molecule has 0 radical (unpaired) electrons. The number of aromatic nitrogens is 1. The first-order chi connectivity index (χ1) is 15.6. The molecular formula is C25H22FN3O3. The van der Waals surface area contributed by atoms with Crippen molar-refractivity contribution < 1.29 is 18.7 Å². The maximum atomic E-state index is 14.6. The van der Waals surface area contributed by atoms with Gasteiger partial charge in [0.15, 0.2) is 0 Å². The second kappa shape index (κ2) is 8.43. The van der Waals surface area contributed by atoms with Crippen molar-refractivity contribution >= 4 is 29.1 Å². The molecule has 0 spiro atoms. The summed E-state index contributed by atoms with van der Waals surface area (Å²) < 4.78 is 25.3. The van der Waals surface area contributed by atoms with Crippen LogP contribution in [0.2, 0.25) is 0 Å². The number of pyridine rings is 1. The smallest absolute Gasteiger partial charge is 0.256 e. The quantitative estimate of drug-likeness (QED) is 0.627. The topological polar surface area (TPSA) is 63.7 Å². The molecule has 0 bridgehead atoms. The lowest BCUT2D eigenvalue weighted by atomic mass is 9.97. The highest BCUT2D eigenvalue weighted by Gasteiger charge is 2.25. The maximum Gasteiger partial charge on any atom is 0.256 e. The number of morpholine rings is 1. The predicted octanol–water partition coefficient (Wildman–Crippen LogP) is 4.23. The highest BCUT2D eigenvalue weighted by Crippen LogP contribution is 2.39. The lowest BCUT2D eigenvalue weighted by molar-refractivity contribution is -0.110. The first-order valence-electron chi connectivity index (χ1n) is 10.4. The van der Waals surface area contributed by atoms with Gasteiger partial charge in [0.05, 0.1) is 25.9 Å². The van der Waals surface area contributed by atoms with E-state index in [2.05, 4.69) is 15.2 Å². The van der Waals surface area contributed by atoms with Crippen LogP contribution in [0.25, 0.3) is 22.8 Å². The third kappa shape index (κ3) is 3.71. The van der Waals surface area contributed by atoms with Gasteiger partial charge in [0.2, 0.25) is 0 Å². The number of carbonyl (C=O) groups excluding carboxylic acids is 1. The molecular weight excluding hydrogens is 409 g/mol. The minimum Gasteiger partial charge on any atom is -0.496 e. The lowest BCUT2D eigenvalue weighted by Crippen LogP contribution is -2.36. The summed E-state index contributed by atoms with van der Waals surface area (Å²) in [6.07, 6.45) is 3.56. The number of hydrogen-bond donors (Lipinski definition) is 1. The fourth-order valence-corrected chi connectivity index (χ4v) is 4.07. The van der Waals surface area contributed by atoms with Gasteiger partial charge in [-0.3, -0.25) is 4.79 Å². The SMILES string of the molecule is COc1cccc(F)c1-c1ccc2c(c1)C(=Cc1ccc(N3CCOCC3)nc1)C(=O)N2. The Hall–Kier alpha value is -3.71. The third-order valence-corrected chi connectivity index (χ3v) is 5.70. The van der Waals surface area contributed by atoms with Crippen LogP contribution in [0.15, 0.2) is 54.7 Å². The van der Waals surface area contributed by atoms with Crippen molar-refractivity contribution in [3.63, 3.8) is 0 Å². The van der Waals surface area contributed by atoms with E-state index in [1.807, 2.05) is 18.2 Å². The monoisotopic (exact) mass is 431 g/mol. The van der Waals surface area contributed by atoms with Crippen molar-refractivity contribution in [3.05, 3.63) is 71.7 Å². The van der Waals surface area contributed by atoms with E-state index in [0.29, 0.717) is 41.4 Å². The summed E-state index contributed by atoms with van der Waals surface area (Å²) in [7, 11) is 1.51. The fraction of sp³-hybridized carbons (Fsp3) is 0.200. The molecule has 0 aliphatic carbocycles. The molecule has 1 saturated heterocycles. The highest BCUT2D eigenvalue weighted by molar-refractivity contribution is 6.35. The first-order valence-corrected chi connectivity index (χ1v) is 10.4. The molecule has 6 nitrogen and oxygen atoms in total. The summed E-state index contributed by atoms with van der Waals surface area (Å²) in [6, 6.07) is 14.0. The van der Waals surface area contributed by atoms with Gasteiger partial charge in [0.1, 0.15) is 17.4 Å². The zero-order valence-electron chi connectivity index (χ0n) is 17.6. The van der Waals surface area contributed by atoms with Crippen molar-refractivity contribution in [2.24, 2.45) is 0 Å². The van der Waals surface area contributed by atoms with E-state index in [0.717, 1.165) is 30.0 Å². The van der Waals surface area contributed by atoms with Gasteiger partial charge < -0.3 is 19.7 Å². The maximum absolute atomic E-state index is 14.6. The fourth-order valence-electron chi connectivity index (χ4n) is 4.07. The molecule has 1 aromatic heterocycles. The Bertz CT molecular complexity index is 1200. The Morgan fingerprint density at radius 3 is 2.75 bits per heavy atom. The molecule has 1 fully saturated rings. The molecule has 32 heavy (non-hydrogen) atoms. The van der Waals surface area contributed by atoms with Crippen LogP contribution in [0.1, 0.15) is 11.1 Å². The van der Waals surface area contributed by atoms with E-state index in [1.165, 1.54) is 13.2 Å². The highest BCUT2D eigenvalue weighted by atomic mass is 19.1. The van der Waals surface area contributed by atoms with Crippen LogP contribution in [-0.4, -0.2) is 44.3 Å². The molecule has 2 aromatic carbocycles. The summed E-state index contributed by atoms with van der Waals surface area (Å²) >= 11 is 0. The number of hydrogen-bond acceptors (Lipinski definition) is 5. The van der Waals surface area contributed by atoms with Crippen LogP contribution in [-0.2, 0) is 9.53 Å². The number of anilines is 2. The Morgan fingerprint density at radius 1 is 1.16 bits per heavy atom. The predicted molar refractivity (Wildman–Crippen MR) is 122 cm³/mol. The van der Waals surface area contributed by atoms with Gasteiger partial charge in [-0.05, 0) is 53.6 Å². The van der Waals surface area contributed by atoms with E-state index < -0.39 is 0 Å². The van der Waals surface area contributed by atoms with Crippen molar-refractivity contribution in [3.8, 4) is 16.9 Å². The van der Waals surface area contributed by atoms with E-state index >= 15 is 0 Å². The summed E-state index contributed by atoms with van der Waals surface area (Å²) in [6.45, 7) is 3.01. The number of nitrogens with zero attached hydrogens (tertiary/aromatic N) is 2. The van der Waals surface area contributed by atoms with Gasteiger partial charge in [-0.1, -0.05) is 12.1 Å². The van der Waals surface area contributed by atoms with Crippen molar-refractivity contribution in [2.75, 3.05) is 43.6 Å². The van der Waals surface area contributed by atoms with Gasteiger partial charge in [-0.15, -0.1) is 0 Å². The molecule has 1 amide bonds. The number of ether oxygens (including phenoxy) is 2. The van der Waals surface area contributed by atoms with E-state index in [9.17, 15) is 9.18 Å².